The van der Waals surface area contributed by atoms with Crippen molar-refractivity contribution in [3.63, 3.8) is 0 Å². The standard InChI is InChI=1S/C18H19N3O2/c19-13-6-7-16-15(8-13)18(20-10-14(23)11-22)9-17(21-16)12-4-2-1-3-5-12/h1-9,14,22-23H,10-11,19H2,(H,20,21)/t14-/m0/s1. The van der Waals surface area contributed by atoms with E-state index in [1.165, 1.54) is 0 Å². The van der Waals surface area contributed by atoms with Crippen molar-refractivity contribution in [2.75, 3.05) is 24.2 Å². The number of nitrogen functional groups attached to an aromatic ring is 1. The van der Waals surface area contributed by atoms with Gasteiger partial charge in [-0.1, -0.05) is 30.3 Å². The number of anilines is 2. The maximum Gasteiger partial charge on any atom is 0.0942 e. The largest absolute Gasteiger partial charge is 0.399 e. The van der Waals surface area contributed by atoms with Crippen LogP contribution in [-0.2, 0) is 0 Å². The van der Waals surface area contributed by atoms with Gasteiger partial charge in [-0.25, -0.2) is 4.98 Å². The SMILES string of the molecule is Nc1ccc2nc(-c3ccccc3)cc(NC[C@H](O)CO)c2c1. The minimum Gasteiger partial charge on any atom is -0.399 e. The minimum absolute atomic E-state index is 0.249. The van der Waals surface area contributed by atoms with Gasteiger partial charge in [0.1, 0.15) is 0 Å². The number of nitrogens with two attached hydrogens (primary N) is 1. The predicted octanol–water partition coefficient (Wildman–Crippen LogP) is 2.25. The van der Waals surface area contributed by atoms with Crippen LogP contribution in [0.5, 0.6) is 0 Å². The topological polar surface area (TPSA) is 91.4 Å². The summed E-state index contributed by atoms with van der Waals surface area (Å²) >= 11 is 0. The highest BCUT2D eigenvalue weighted by Gasteiger charge is 2.09. The van der Waals surface area contributed by atoms with E-state index in [1.54, 1.807) is 0 Å². The lowest BCUT2D eigenvalue weighted by Crippen LogP contribution is -2.23. The number of fused-ring (bicyclic) bond motifs is 1. The summed E-state index contributed by atoms with van der Waals surface area (Å²) in [5.41, 5.74) is 10.0. The average molecular weight is 309 g/mol. The van der Waals surface area contributed by atoms with Crippen LogP contribution in [0, 0.1) is 0 Å². The monoisotopic (exact) mass is 309 g/mol. The van der Waals surface area contributed by atoms with Crippen molar-refractivity contribution in [2.45, 2.75) is 6.10 Å². The fourth-order valence-electron chi connectivity index (χ4n) is 2.44. The molecule has 5 nitrogen and oxygen atoms in total. The second-order valence-electron chi connectivity index (χ2n) is 5.41. The summed E-state index contributed by atoms with van der Waals surface area (Å²) in [6.45, 7) is -0.0393. The van der Waals surface area contributed by atoms with Crippen LogP contribution in [0.25, 0.3) is 22.2 Å². The molecule has 1 aromatic heterocycles. The van der Waals surface area contributed by atoms with Gasteiger partial charge in [0.05, 0.1) is 23.9 Å². The molecule has 0 saturated heterocycles. The lowest BCUT2D eigenvalue weighted by Gasteiger charge is -2.14. The van der Waals surface area contributed by atoms with Gasteiger partial charge in [-0.05, 0) is 24.3 Å². The summed E-state index contributed by atoms with van der Waals surface area (Å²) in [6, 6.07) is 17.4. The molecule has 23 heavy (non-hydrogen) atoms. The van der Waals surface area contributed by atoms with Crippen molar-refractivity contribution in [2.24, 2.45) is 0 Å². The van der Waals surface area contributed by atoms with E-state index in [4.69, 9.17) is 10.8 Å². The quantitative estimate of drug-likeness (QED) is 0.543. The first-order chi connectivity index (χ1) is 11.2. The van der Waals surface area contributed by atoms with Crippen molar-refractivity contribution in [3.05, 3.63) is 54.6 Å². The van der Waals surface area contributed by atoms with Gasteiger partial charge in [0.2, 0.25) is 0 Å². The number of aliphatic hydroxyl groups excluding tert-OH is 2. The molecule has 0 amide bonds. The normalized spacial score (nSPS) is 12.3. The highest BCUT2D eigenvalue weighted by Crippen LogP contribution is 2.29. The first-order valence-corrected chi connectivity index (χ1v) is 7.46. The molecule has 0 radical (unpaired) electrons. The molecule has 0 aliphatic carbocycles. The lowest BCUT2D eigenvalue weighted by atomic mass is 10.1. The van der Waals surface area contributed by atoms with Gasteiger partial charge in [-0.15, -0.1) is 0 Å². The molecule has 0 saturated carbocycles. The van der Waals surface area contributed by atoms with Crippen molar-refractivity contribution in [1.82, 2.24) is 4.98 Å². The van der Waals surface area contributed by atoms with Gasteiger partial charge >= 0.3 is 0 Å². The Kier molecular flexibility index (Phi) is 4.41. The highest BCUT2D eigenvalue weighted by molar-refractivity contribution is 5.95. The molecule has 0 unspecified atom stereocenters. The third-order valence-corrected chi connectivity index (χ3v) is 3.64. The fraction of sp³-hybridized carbons (Fsp3) is 0.167. The van der Waals surface area contributed by atoms with Gasteiger partial charge in [0, 0.05) is 28.9 Å². The first-order valence-electron chi connectivity index (χ1n) is 7.46. The Morgan fingerprint density at radius 3 is 2.61 bits per heavy atom. The number of benzene rings is 2. The summed E-state index contributed by atoms with van der Waals surface area (Å²) in [7, 11) is 0. The van der Waals surface area contributed by atoms with E-state index in [2.05, 4.69) is 10.3 Å². The Balaban J connectivity index is 2.08. The summed E-state index contributed by atoms with van der Waals surface area (Å²) < 4.78 is 0. The third-order valence-electron chi connectivity index (χ3n) is 3.64. The number of aromatic nitrogens is 1. The number of rotatable bonds is 5. The smallest absolute Gasteiger partial charge is 0.0942 e. The first kappa shape index (κ1) is 15.3. The number of hydrogen-bond donors (Lipinski definition) is 4. The zero-order chi connectivity index (χ0) is 16.2. The molecular formula is C18H19N3O2. The number of pyridine rings is 1. The predicted molar refractivity (Wildman–Crippen MR) is 93.2 cm³/mol. The van der Waals surface area contributed by atoms with E-state index in [-0.39, 0.29) is 13.2 Å². The van der Waals surface area contributed by atoms with Crippen molar-refractivity contribution in [1.29, 1.82) is 0 Å². The summed E-state index contributed by atoms with van der Waals surface area (Å²) in [5, 5.41) is 22.6. The molecule has 0 bridgehead atoms. The van der Waals surface area contributed by atoms with Crippen molar-refractivity contribution in [3.8, 4) is 11.3 Å². The van der Waals surface area contributed by atoms with E-state index < -0.39 is 6.10 Å². The van der Waals surface area contributed by atoms with Gasteiger partial charge in [0.15, 0.2) is 0 Å². The summed E-state index contributed by atoms with van der Waals surface area (Å²) in [6.07, 6.45) is -0.820. The second kappa shape index (κ2) is 6.64. The summed E-state index contributed by atoms with van der Waals surface area (Å²) in [4.78, 5) is 4.69. The van der Waals surface area contributed by atoms with E-state index in [9.17, 15) is 5.11 Å². The van der Waals surface area contributed by atoms with Gasteiger partial charge < -0.3 is 21.3 Å². The highest BCUT2D eigenvalue weighted by atomic mass is 16.3. The fourth-order valence-corrected chi connectivity index (χ4v) is 2.44. The van der Waals surface area contributed by atoms with Crippen LogP contribution in [0.15, 0.2) is 54.6 Å². The van der Waals surface area contributed by atoms with Gasteiger partial charge in [-0.3, -0.25) is 0 Å². The Labute approximate surface area is 134 Å². The molecule has 0 spiro atoms. The number of nitrogens with one attached hydrogen (secondary N) is 1. The molecule has 118 valence electrons. The Morgan fingerprint density at radius 2 is 1.87 bits per heavy atom. The van der Waals surface area contributed by atoms with Crippen LogP contribution in [0.2, 0.25) is 0 Å². The van der Waals surface area contributed by atoms with Crippen LogP contribution in [-0.4, -0.2) is 34.5 Å². The van der Waals surface area contributed by atoms with Crippen LogP contribution in [0.3, 0.4) is 0 Å². The molecule has 3 rings (SSSR count). The molecule has 2 aromatic carbocycles. The average Bonchev–Trinajstić information content (AvgIpc) is 2.60. The molecule has 1 heterocycles. The van der Waals surface area contributed by atoms with E-state index in [0.29, 0.717) is 5.69 Å². The molecule has 0 aliphatic heterocycles. The molecule has 0 fully saturated rings. The van der Waals surface area contributed by atoms with Crippen molar-refractivity contribution >= 4 is 22.3 Å². The Morgan fingerprint density at radius 1 is 1.09 bits per heavy atom. The van der Waals surface area contributed by atoms with E-state index >= 15 is 0 Å². The van der Waals surface area contributed by atoms with Crippen LogP contribution < -0.4 is 11.1 Å². The minimum atomic E-state index is -0.820. The number of aliphatic hydroxyl groups is 2. The summed E-state index contributed by atoms with van der Waals surface area (Å²) in [5.74, 6) is 0. The molecule has 5 N–H and O–H groups in total. The maximum absolute atomic E-state index is 9.58. The Hall–Kier alpha value is -2.63. The van der Waals surface area contributed by atoms with Gasteiger partial charge in [0.25, 0.3) is 0 Å². The van der Waals surface area contributed by atoms with Crippen LogP contribution in [0.4, 0.5) is 11.4 Å². The molecule has 1 atom stereocenters. The lowest BCUT2D eigenvalue weighted by molar-refractivity contribution is 0.105. The van der Waals surface area contributed by atoms with E-state index in [1.807, 2.05) is 54.6 Å². The maximum atomic E-state index is 9.58. The number of hydrogen-bond acceptors (Lipinski definition) is 5. The Bertz CT molecular complexity index is 806. The van der Waals surface area contributed by atoms with Crippen LogP contribution >= 0.6 is 0 Å². The molecule has 3 aromatic rings. The van der Waals surface area contributed by atoms with Crippen molar-refractivity contribution < 1.29 is 10.2 Å². The molecule has 5 heteroatoms. The molecule has 0 aliphatic rings. The van der Waals surface area contributed by atoms with E-state index in [0.717, 1.165) is 27.8 Å². The number of nitrogens with zero attached hydrogens (tertiary/aromatic N) is 1. The second-order valence-corrected chi connectivity index (χ2v) is 5.41. The molecular weight excluding hydrogens is 290 g/mol. The van der Waals surface area contributed by atoms with Gasteiger partial charge in [-0.2, -0.15) is 0 Å². The van der Waals surface area contributed by atoms with Crippen LogP contribution in [0.1, 0.15) is 0 Å². The third kappa shape index (κ3) is 3.41. The zero-order valence-electron chi connectivity index (χ0n) is 12.6. The zero-order valence-corrected chi connectivity index (χ0v) is 12.6.